The SMILES string of the molecule is CC(C)CCn1c(COc2ccccc2)nnc1SCC(=O)N1CCCCCC1. The smallest absolute Gasteiger partial charge is 0.233 e. The van der Waals surface area contributed by atoms with E-state index in [4.69, 9.17) is 4.74 Å². The average molecular weight is 417 g/mol. The van der Waals surface area contributed by atoms with Crippen LogP contribution < -0.4 is 4.74 Å². The highest BCUT2D eigenvalue weighted by Crippen LogP contribution is 2.21. The van der Waals surface area contributed by atoms with Gasteiger partial charge >= 0.3 is 0 Å². The van der Waals surface area contributed by atoms with Crippen molar-refractivity contribution in [1.29, 1.82) is 0 Å². The molecule has 1 aliphatic heterocycles. The maximum absolute atomic E-state index is 12.6. The second-order valence-corrected chi connectivity index (χ2v) is 8.86. The van der Waals surface area contributed by atoms with Crippen LogP contribution in [0.25, 0.3) is 0 Å². The molecule has 0 aliphatic carbocycles. The Morgan fingerprint density at radius 1 is 1.10 bits per heavy atom. The number of aromatic nitrogens is 3. The third-order valence-corrected chi connectivity index (χ3v) is 6.07. The van der Waals surface area contributed by atoms with Gasteiger partial charge in [-0.1, -0.05) is 56.7 Å². The molecule has 7 heteroatoms. The van der Waals surface area contributed by atoms with Crippen LogP contribution in [0.5, 0.6) is 5.75 Å². The van der Waals surface area contributed by atoms with Crippen molar-refractivity contribution in [3.8, 4) is 5.75 Å². The zero-order valence-electron chi connectivity index (χ0n) is 17.5. The van der Waals surface area contributed by atoms with Gasteiger partial charge in [0.15, 0.2) is 11.0 Å². The van der Waals surface area contributed by atoms with Crippen LogP contribution in [0.4, 0.5) is 0 Å². The Morgan fingerprint density at radius 3 is 2.52 bits per heavy atom. The van der Waals surface area contributed by atoms with E-state index in [0.717, 1.165) is 55.6 Å². The summed E-state index contributed by atoms with van der Waals surface area (Å²) in [6.45, 7) is 7.39. The summed E-state index contributed by atoms with van der Waals surface area (Å²) in [6, 6.07) is 9.74. The minimum atomic E-state index is 0.206. The van der Waals surface area contributed by atoms with Crippen molar-refractivity contribution >= 4 is 17.7 Å². The van der Waals surface area contributed by atoms with E-state index in [0.29, 0.717) is 18.3 Å². The zero-order valence-corrected chi connectivity index (χ0v) is 18.4. The molecule has 0 spiro atoms. The Kier molecular flexibility index (Phi) is 8.40. The van der Waals surface area contributed by atoms with Crippen molar-refractivity contribution in [3.63, 3.8) is 0 Å². The zero-order chi connectivity index (χ0) is 20.5. The van der Waals surface area contributed by atoms with Gasteiger partial charge in [-0.2, -0.15) is 0 Å². The topological polar surface area (TPSA) is 60.2 Å². The number of carbonyl (C=O) groups is 1. The minimum Gasteiger partial charge on any atom is -0.486 e. The van der Waals surface area contributed by atoms with Gasteiger partial charge in [-0.05, 0) is 37.3 Å². The highest BCUT2D eigenvalue weighted by atomic mass is 32.2. The Morgan fingerprint density at radius 2 is 1.83 bits per heavy atom. The number of benzene rings is 1. The van der Waals surface area contributed by atoms with Crippen molar-refractivity contribution in [2.75, 3.05) is 18.8 Å². The van der Waals surface area contributed by atoms with Gasteiger partial charge in [-0.3, -0.25) is 4.79 Å². The van der Waals surface area contributed by atoms with Crippen LogP contribution in [0.2, 0.25) is 0 Å². The predicted octanol–water partition coefficient (Wildman–Crippen LogP) is 4.40. The van der Waals surface area contributed by atoms with Gasteiger partial charge in [0.05, 0.1) is 5.75 Å². The van der Waals surface area contributed by atoms with Gasteiger partial charge in [0.25, 0.3) is 0 Å². The Hall–Kier alpha value is -2.02. The molecular weight excluding hydrogens is 384 g/mol. The van der Waals surface area contributed by atoms with Crippen LogP contribution in [-0.4, -0.2) is 44.4 Å². The molecule has 6 nitrogen and oxygen atoms in total. The second kappa shape index (κ2) is 11.2. The summed E-state index contributed by atoms with van der Waals surface area (Å²) in [5.41, 5.74) is 0. The quantitative estimate of drug-likeness (QED) is 0.567. The van der Waals surface area contributed by atoms with Crippen LogP contribution >= 0.6 is 11.8 Å². The normalized spacial score (nSPS) is 14.8. The van der Waals surface area contributed by atoms with Crippen LogP contribution in [-0.2, 0) is 17.9 Å². The van der Waals surface area contributed by atoms with E-state index in [1.807, 2.05) is 35.2 Å². The first-order chi connectivity index (χ1) is 14.1. The number of hydrogen-bond donors (Lipinski definition) is 0. The predicted molar refractivity (Wildman–Crippen MR) is 116 cm³/mol. The molecule has 0 bridgehead atoms. The van der Waals surface area contributed by atoms with Gasteiger partial charge in [0, 0.05) is 19.6 Å². The third kappa shape index (κ3) is 6.77. The van der Waals surface area contributed by atoms with Gasteiger partial charge in [0.2, 0.25) is 5.91 Å². The number of thioether (sulfide) groups is 1. The molecule has 1 aliphatic rings. The molecule has 0 saturated carbocycles. The number of hydrogen-bond acceptors (Lipinski definition) is 5. The summed E-state index contributed by atoms with van der Waals surface area (Å²) in [5.74, 6) is 2.82. The molecule has 0 radical (unpaired) electrons. The van der Waals surface area contributed by atoms with Gasteiger partial charge < -0.3 is 14.2 Å². The minimum absolute atomic E-state index is 0.206. The molecule has 0 unspecified atom stereocenters. The molecule has 0 atom stereocenters. The largest absolute Gasteiger partial charge is 0.486 e. The number of nitrogens with zero attached hydrogens (tertiary/aromatic N) is 4. The fourth-order valence-electron chi connectivity index (χ4n) is 3.35. The average Bonchev–Trinajstić information content (AvgIpc) is 2.91. The van der Waals surface area contributed by atoms with Crippen molar-refractivity contribution in [1.82, 2.24) is 19.7 Å². The number of ether oxygens (including phenoxy) is 1. The van der Waals surface area contributed by atoms with Crippen LogP contribution in [0, 0.1) is 5.92 Å². The Balaban J connectivity index is 1.63. The maximum Gasteiger partial charge on any atom is 0.233 e. The summed E-state index contributed by atoms with van der Waals surface area (Å²) < 4.78 is 7.99. The van der Waals surface area contributed by atoms with E-state index < -0.39 is 0 Å². The molecule has 2 aromatic rings. The van der Waals surface area contributed by atoms with E-state index in [9.17, 15) is 4.79 Å². The number of amides is 1. The summed E-state index contributed by atoms with van der Waals surface area (Å²) in [5, 5.41) is 9.53. The van der Waals surface area contributed by atoms with Crippen LogP contribution in [0.15, 0.2) is 35.5 Å². The first-order valence-electron chi connectivity index (χ1n) is 10.6. The van der Waals surface area contributed by atoms with Crippen molar-refractivity contribution < 1.29 is 9.53 Å². The molecule has 1 saturated heterocycles. The molecule has 1 fully saturated rings. The van der Waals surface area contributed by atoms with Gasteiger partial charge in [0.1, 0.15) is 12.4 Å². The molecule has 29 heavy (non-hydrogen) atoms. The first kappa shape index (κ1) is 21.7. The third-order valence-electron chi connectivity index (χ3n) is 5.12. The van der Waals surface area contributed by atoms with Gasteiger partial charge in [-0.15, -0.1) is 10.2 Å². The first-order valence-corrected chi connectivity index (χ1v) is 11.6. The highest BCUT2D eigenvalue weighted by Gasteiger charge is 2.19. The summed E-state index contributed by atoms with van der Waals surface area (Å²) in [7, 11) is 0. The summed E-state index contributed by atoms with van der Waals surface area (Å²) >= 11 is 1.49. The van der Waals surface area contributed by atoms with E-state index in [1.54, 1.807) is 0 Å². The lowest BCUT2D eigenvalue weighted by atomic mass is 10.1. The fourth-order valence-corrected chi connectivity index (χ4v) is 4.23. The maximum atomic E-state index is 12.6. The molecule has 158 valence electrons. The van der Waals surface area contributed by atoms with E-state index >= 15 is 0 Å². The van der Waals surface area contributed by atoms with Crippen molar-refractivity contribution in [2.24, 2.45) is 5.92 Å². The standard InChI is InChI=1S/C22H32N4O2S/c1-18(2)12-15-26-20(16-28-19-10-6-5-7-11-19)23-24-22(26)29-17-21(27)25-13-8-3-4-9-14-25/h5-7,10-11,18H,3-4,8-9,12-17H2,1-2H3. The highest BCUT2D eigenvalue weighted by molar-refractivity contribution is 7.99. The lowest BCUT2D eigenvalue weighted by molar-refractivity contribution is -0.128. The summed E-state index contributed by atoms with van der Waals surface area (Å²) in [6.07, 6.45) is 5.71. The monoisotopic (exact) mass is 416 g/mol. The van der Waals surface area contributed by atoms with Crippen molar-refractivity contribution in [2.45, 2.75) is 64.3 Å². The van der Waals surface area contributed by atoms with Crippen LogP contribution in [0.3, 0.4) is 0 Å². The van der Waals surface area contributed by atoms with E-state index in [2.05, 4.69) is 28.6 Å². The molecule has 1 aromatic heterocycles. The number of carbonyl (C=O) groups excluding carboxylic acids is 1. The van der Waals surface area contributed by atoms with E-state index in [1.165, 1.54) is 24.6 Å². The van der Waals surface area contributed by atoms with E-state index in [-0.39, 0.29) is 5.91 Å². The molecule has 2 heterocycles. The Bertz CT molecular complexity index is 755. The molecule has 0 N–H and O–H groups in total. The fraction of sp³-hybridized carbons (Fsp3) is 0.591. The van der Waals surface area contributed by atoms with Crippen molar-refractivity contribution in [3.05, 3.63) is 36.2 Å². The number of likely N-dealkylation sites (tertiary alicyclic amines) is 1. The lowest BCUT2D eigenvalue weighted by Gasteiger charge is -2.20. The summed E-state index contributed by atoms with van der Waals surface area (Å²) in [4.78, 5) is 14.7. The number of para-hydroxylation sites is 1. The molecule has 1 aromatic carbocycles. The lowest BCUT2D eigenvalue weighted by Crippen LogP contribution is -2.33. The van der Waals surface area contributed by atoms with Crippen LogP contribution in [0.1, 0.15) is 51.8 Å². The molecule has 1 amide bonds. The molecule has 3 rings (SSSR count). The second-order valence-electron chi connectivity index (χ2n) is 7.92. The number of rotatable bonds is 9. The molecular formula is C22H32N4O2S. The van der Waals surface area contributed by atoms with Gasteiger partial charge in [-0.25, -0.2) is 0 Å². The Labute approximate surface area is 178 Å².